The van der Waals surface area contributed by atoms with E-state index in [1.54, 1.807) is 12.4 Å². The number of nitrogens with two attached hydrogens (primary N) is 1. The van der Waals surface area contributed by atoms with Gasteiger partial charge in [0, 0.05) is 12.7 Å². The van der Waals surface area contributed by atoms with Crippen LogP contribution in [0.25, 0.3) is 0 Å². The minimum atomic E-state index is 0.137. The molecule has 0 radical (unpaired) electrons. The molecule has 0 aliphatic heterocycles. The lowest BCUT2D eigenvalue weighted by atomic mass is 9.87. The lowest BCUT2D eigenvalue weighted by molar-refractivity contribution is 0.457. The Labute approximate surface area is 113 Å². The van der Waals surface area contributed by atoms with Gasteiger partial charge in [-0.2, -0.15) is 0 Å². The number of hydrogen-bond acceptors (Lipinski definition) is 4. The van der Waals surface area contributed by atoms with E-state index in [4.69, 9.17) is 10.5 Å². The Morgan fingerprint density at radius 1 is 1.11 bits per heavy atom. The van der Waals surface area contributed by atoms with E-state index in [0.29, 0.717) is 18.1 Å². The molecule has 0 aliphatic rings. The summed E-state index contributed by atoms with van der Waals surface area (Å²) in [7, 11) is 0. The normalized spacial score (nSPS) is 11.4. The quantitative estimate of drug-likeness (QED) is 0.918. The lowest BCUT2D eigenvalue weighted by Gasteiger charge is -2.19. The van der Waals surface area contributed by atoms with Crippen molar-refractivity contribution >= 4 is 0 Å². The van der Waals surface area contributed by atoms with Crippen molar-refractivity contribution in [3.63, 3.8) is 0 Å². The molecule has 0 amide bonds. The molecule has 0 saturated heterocycles. The predicted octanol–water partition coefficient (Wildman–Crippen LogP) is 3.03. The largest absolute Gasteiger partial charge is 0.437 e. The Kier molecular flexibility index (Phi) is 3.81. The molecule has 2 aromatic rings. The average molecular weight is 257 g/mol. The second-order valence-corrected chi connectivity index (χ2v) is 5.43. The smallest absolute Gasteiger partial charge is 0.238 e. The first-order valence-corrected chi connectivity index (χ1v) is 6.28. The molecule has 0 spiro atoms. The van der Waals surface area contributed by atoms with Crippen LogP contribution in [-0.2, 0) is 12.0 Å². The van der Waals surface area contributed by atoms with E-state index in [9.17, 15) is 0 Å². The van der Waals surface area contributed by atoms with Crippen LogP contribution < -0.4 is 10.5 Å². The molecule has 0 unspecified atom stereocenters. The van der Waals surface area contributed by atoms with E-state index in [2.05, 4.69) is 42.9 Å². The number of ether oxygens (including phenoxy) is 1. The Hall–Kier alpha value is -1.94. The van der Waals surface area contributed by atoms with E-state index in [1.807, 2.05) is 12.1 Å². The summed E-state index contributed by atoms with van der Waals surface area (Å²) in [5, 5.41) is 0. The zero-order chi connectivity index (χ0) is 13.9. The molecule has 1 heterocycles. The topological polar surface area (TPSA) is 61.0 Å². The maximum Gasteiger partial charge on any atom is 0.238 e. The van der Waals surface area contributed by atoms with E-state index in [0.717, 1.165) is 5.75 Å². The third-order valence-electron chi connectivity index (χ3n) is 2.81. The van der Waals surface area contributed by atoms with Crippen LogP contribution in [0.4, 0.5) is 0 Å². The van der Waals surface area contributed by atoms with Gasteiger partial charge >= 0.3 is 0 Å². The maximum absolute atomic E-state index is 5.66. The number of nitrogens with zero attached hydrogens (tertiary/aromatic N) is 2. The number of hydrogen-bond donors (Lipinski definition) is 1. The molecule has 4 heteroatoms. The fraction of sp³-hybridized carbons (Fsp3) is 0.333. The fourth-order valence-corrected chi connectivity index (χ4v) is 1.68. The van der Waals surface area contributed by atoms with Gasteiger partial charge in [-0.25, -0.2) is 4.98 Å². The Morgan fingerprint density at radius 2 is 1.79 bits per heavy atom. The molecular formula is C15H19N3O. The molecule has 0 saturated carbocycles. The number of aromatic nitrogens is 2. The molecule has 2 N–H and O–H groups in total. The van der Waals surface area contributed by atoms with Crippen molar-refractivity contribution in [1.29, 1.82) is 0 Å². The van der Waals surface area contributed by atoms with Gasteiger partial charge in [-0.05, 0) is 23.1 Å². The summed E-state index contributed by atoms with van der Waals surface area (Å²) < 4.78 is 5.66. The van der Waals surface area contributed by atoms with Gasteiger partial charge in [0.05, 0.1) is 11.9 Å². The van der Waals surface area contributed by atoms with Crippen LogP contribution >= 0.6 is 0 Å². The molecule has 0 bridgehead atoms. The second-order valence-electron chi connectivity index (χ2n) is 5.43. The van der Waals surface area contributed by atoms with Gasteiger partial charge in [-0.1, -0.05) is 32.9 Å². The van der Waals surface area contributed by atoms with Gasteiger partial charge in [0.2, 0.25) is 5.88 Å². The van der Waals surface area contributed by atoms with Crippen LogP contribution in [0.2, 0.25) is 0 Å². The van der Waals surface area contributed by atoms with Crippen molar-refractivity contribution in [3.05, 3.63) is 47.9 Å². The molecule has 2 rings (SSSR count). The minimum Gasteiger partial charge on any atom is -0.437 e. The molecule has 0 aliphatic carbocycles. The van der Waals surface area contributed by atoms with Crippen LogP contribution in [0.3, 0.4) is 0 Å². The summed E-state index contributed by atoms with van der Waals surface area (Å²) in [6, 6.07) is 8.01. The summed E-state index contributed by atoms with van der Waals surface area (Å²) >= 11 is 0. The molecular weight excluding hydrogens is 238 g/mol. The van der Waals surface area contributed by atoms with Gasteiger partial charge in [0.1, 0.15) is 5.75 Å². The van der Waals surface area contributed by atoms with E-state index in [-0.39, 0.29) is 5.41 Å². The maximum atomic E-state index is 5.66. The van der Waals surface area contributed by atoms with Crippen molar-refractivity contribution < 1.29 is 4.74 Å². The first-order valence-electron chi connectivity index (χ1n) is 6.28. The van der Waals surface area contributed by atoms with Crippen molar-refractivity contribution in [2.75, 3.05) is 0 Å². The zero-order valence-corrected chi connectivity index (χ0v) is 11.6. The van der Waals surface area contributed by atoms with Crippen molar-refractivity contribution in [1.82, 2.24) is 9.97 Å². The van der Waals surface area contributed by atoms with E-state index in [1.165, 1.54) is 5.56 Å². The molecule has 19 heavy (non-hydrogen) atoms. The van der Waals surface area contributed by atoms with Crippen LogP contribution in [-0.4, -0.2) is 9.97 Å². The molecule has 1 aromatic heterocycles. The summed E-state index contributed by atoms with van der Waals surface area (Å²) in [6.45, 7) is 6.89. The van der Waals surface area contributed by atoms with Crippen molar-refractivity contribution in [3.8, 4) is 11.6 Å². The predicted molar refractivity (Wildman–Crippen MR) is 75.1 cm³/mol. The zero-order valence-electron chi connectivity index (χ0n) is 11.6. The Bertz CT molecular complexity index is 544. The molecule has 1 aromatic carbocycles. The van der Waals surface area contributed by atoms with Gasteiger partial charge in [-0.15, -0.1) is 0 Å². The Balaban J connectivity index is 2.15. The number of rotatable bonds is 3. The summed E-state index contributed by atoms with van der Waals surface area (Å²) in [5.74, 6) is 1.21. The molecule has 0 atom stereocenters. The monoisotopic (exact) mass is 257 g/mol. The highest BCUT2D eigenvalue weighted by molar-refractivity contribution is 5.33. The highest BCUT2D eigenvalue weighted by Crippen LogP contribution is 2.26. The SMILES string of the molecule is CC(C)(C)c1ccc(Oc2cncc(CN)n2)cc1. The van der Waals surface area contributed by atoms with Gasteiger partial charge < -0.3 is 10.5 Å². The standard InChI is InChI=1S/C15H19N3O/c1-15(2,3)11-4-6-13(7-5-11)19-14-10-17-9-12(8-16)18-14/h4-7,9-10H,8,16H2,1-3H3. The molecule has 4 nitrogen and oxygen atoms in total. The minimum absolute atomic E-state index is 0.137. The number of benzene rings is 1. The van der Waals surface area contributed by atoms with Crippen molar-refractivity contribution in [2.45, 2.75) is 32.7 Å². The van der Waals surface area contributed by atoms with Crippen LogP contribution in [0.5, 0.6) is 11.6 Å². The van der Waals surface area contributed by atoms with Gasteiger partial charge in [0.25, 0.3) is 0 Å². The first kappa shape index (κ1) is 13.5. The highest BCUT2D eigenvalue weighted by atomic mass is 16.5. The average Bonchev–Trinajstić information content (AvgIpc) is 2.38. The third kappa shape index (κ3) is 3.51. The highest BCUT2D eigenvalue weighted by Gasteiger charge is 2.13. The van der Waals surface area contributed by atoms with Crippen LogP contribution in [0, 0.1) is 0 Å². The van der Waals surface area contributed by atoms with Gasteiger partial charge in [0.15, 0.2) is 0 Å². The summed E-state index contributed by atoms with van der Waals surface area (Å²) in [5.41, 5.74) is 7.64. The fourth-order valence-electron chi connectivity index (χ4n) is 1.68. The van der Waals surface area contributed by atoms with Gasteiger partial charge in [-0.3, -0.25) is 4.98 Å². The lowest BCUT2D eigenvalue weighted by Crippen LogP contribution is -2.10. The van der Waals surface area contributed by atoms with E-state index < -0.39 is 0 Å². The molecule has 100 valence electrons. The Morgan fingerprint density at radius 3 is 2.37 bits per heavy atom. The summed E-state index contributed by atoms with van der Waals surface area (Å²) in [6.07, 6.45) is 3.21. The summed E-state index contributed by atoms with van der Waals surface area (Å²) in [4.78, 5) is 8.29. The van der Waals surface area contributed by atoms with Crippen LogP contribution in [0.1, 0.15) is 32.0 Å². The molecule has 0 fully saturated rings. The van der Waals surface area contributed by atoms with Crippen molar-refractivity contribution in [2.24, 2.45) is 5.73 Å². The van der Waals surface area contributed by atoms with E-state index >= 15 is 0 Å². The van der Waals surface area contributed by atoms with Crippen LogP contribution in [0.15, 0.2) is 36.7 Å². The first-order chi connectivity index (χ1) is 8.99. The third-order valence-corrected chi connectivity index (χ3v) is 2.81. The second kappa shape index (κ2) is 5.36.